The normalized spacial score (nSPS) is 16.5. The summed E-state index contributed by atoms with van der Waals surface area (Å²) in [5.41, 5.74) is 2.29. The summed E-state index contributed by atoms with van der Waals surface area (Å²) >= 11 is 5.97. The number of imide groups is 1. The minimum atomic E-state index is -0.596. The SMILES string of the molecule is Cc1cc(F)ccc1Oc1ncnc2c1CCN(C1=C(Cl)C(=O)NC1=O)C2. The van der Waals surface area contributed by atoms with E-state index < -0.39 is 11.8 Å². The first-order valence-corrected chi connectivity index (χ1v) is 8.59. The molecule has 0 atom stereocenters. The average Bonchev–Trinajstić information content (AvgIpc) is 2.89. The van der Waals surface area contributed by atoms with Gasteiger partial charge in [0, 0.05) is 12.1 Å². The van der Waals surface area contributed by atoms with Crippen LogP contribution in [0.1, 0.15) is 16.8 Å². The molecular formula is C18H14ClFN4O3. The van der Waals surface area contributed by atoms with Crippen molar-refractivity contribution in [3.05, 3.63) is 57.9 Å². The van der Waals surface area contributed by atoms with Crippen molar-refractivity contribution < 1.29 is 18.7 Å². The van der Waals surface area contributed by atoms with E-state index in [1.54, 1.807) is 17.9 Å². The molecule has 3 heterocycles. The van der Waals surface area contributed by atoms with Gasteiger partial charge in [0.25, 0.3) is 11.8 Å². The number of halogens is 2. The van der Waals surface area contributed by atoms with Gasteiger partial charge in [0.15, 0.2) is 0 Å². The number of hydrogen-bond donors (Lipinski definition) is 1. The second-order valence-electron chi connectivity index (χ2n) is 6.23. The van der Waals surface area contributed by atoms with Crippen molar-refractivity contribution in [3.8, 4) is 11.6 Å². The number of aryl methyl sites for hydroxylation is 1. The zero-order valence-corrected chi connectivity index (χ0v) is 15.0. The van der Waals surface area contributed by atoms with E-state index in [4.69, 9.17) is 16.3 Å². The number of hydrogen-bond acceptors (Lipinski definition) is 6. The van der Waals surface area contributed by atoms with Crippen LogP contribution in [0.2, 0.25) is 0 Å². The summed E-state index contributed by atoms with van der Waals surface area (Å²) in [6, 6.07) is 4.25. The average molecular weight is 389 g/mol. The summed E-state index contributed by atoms with van der Waals surface area (Å²) in [5.74, 6) is -0.552. The zero-order chi connectivity index (χ0) is 19.1. The van der Waals surface area contributed by atoms with Crippen molar-refractivity contribution in [1.29, 1.82) is 0 Å². The van der Waals surface area contributed by atoms with Crippen LogP contribution in [0.5, 0.6) is 11.6 Å². The quantitative estimate of drug-likeness (QED) is 0.811. The number of fused-ring (bicyclic) bond motifs is 1. The third kappa shape index (κ3) is 3.12. The van der Waals surface area contributed by atoms with Gasteiger partial charge in [-0.1, -0.05) is 11.6 Å². The van der Waals surface area contributed by atoms with E-state index in [0.29, 0.717) is 42.4 Å². The molecule has 9 heteroatoms. The molecule has 0 saturated carbocycles. The molecule has 27 heavy (non-hydrogen) atoms. The van der Waals surface area contributed by atoms with Crippen molar-refractivity contribution in [2.24, 2.45) is 0 Å². The third-order valence-corrected chi connectivity index (χ3v) is 4.83. The maximum absolute atomic E-state index is 13.3. The molecule has 4 rings (SSSR count). The number of carbonyl (C=O) groups excluding carboxylic acids is 2. The van der Waals surface area contributed by atoms with Crippen LogP contribution in [-0.4, -0.2) is 33.2 Å². The fraction of sp³-hybridized carbons (Fsp3) is 0.222. The smallest absolute Gasteiger partial charge is 0.276 e. The predicted molar refractivity (Wildman–Crippen MR) is 93.4 cm³/mol. The fourth-order valence-corrected chi connectivity index (χ4v) is 3.39. The molecule has 0 unspecified atom stereocenters. The van der Waals surface area contributed by atoms with Gasteiger partial charge < -0.3 is 9.64 Å². The first-order valence-electron chi connectivity index (χ1n) is 8.21. The topological polar surface area (TPSA) is 84.4 Å². The lowest BCUT2D eigenvalue weighted by Gasteiger charge is -2.30. The number of amides is 2. The van der Waals surface area contributed by atoms with Crippen molar-refractivity contribution in [2.45, 2.75) is 19.9 Å². The zero-order valence-electron chi connectivity index (χ0n) is 14.3. The summed E-state index contributed by atoms with van der Waals surface area (Å²) < 4.78 is 19.2. The number of benzene rings is 1. The molecule has 0 radical (unpaired) electrons. The van der Waals surface area contributed by atoms with E-state index in [1.807, 2.05) is 0 Å². The standard InChI is InChI=1S/C18H14ClFN4O3/c1-9-6-10(20)2-3-13(9)27-18-11-4-5-24(7-12(11)21-8-22-18)15-14(19)16(25)23-17(15)26/h2-3,6,8H,4-5,7H2,1H3,(H,23,25,26). The Kier molecular flexibility index (Phi) is 4.27. The lowest BCUT2D eigenvalue weighted by atomic mass is 10.1. The molecule has 2 aromatic rings. The maximum atomic E-state index is 13.3. The van der Waals surface area contributed by atoms with Gasteiger partial charge in [-0.2, -0.15) is 0 Å². The molecule has 1 aromatic heterocycles. The molecule has 0 aliphatic carbocycles. The van der Waals surface area contributed by atoms with Crippen LogP contribution in [0, 0.1) is 12.7 Å². The molecule has 138 valence electrons. The molecule has 0 fully saturated rings. The number of nitrogens with one attached hydrogen (secondary N) is 1. The third-order valence-electron chi connectivity index (χ3n) is 4.48. The van der Waals surface area contributed by atoms with E-state index in [0.717, 1.165) is 5.56 Å². The van der Waals surface area contributed by atoms with Crippen molar-refractivity contribution in [3.63, 3.8) is 0 Å². The predicted octanol–water partition coefficient (Wildman–Crippen LogP) is 2.18. The van der Waals surface area contributed by atoms with Crippen LogP contribution >= 0.6 is 11.6 Å². The van der Waals surface area contributed by atoms with Gasteiger partial charge in [-0.15, -0.1) is 0 Å². The molecular weight excluding hydrogens is 375 g/mol. The van der Waals surface area contributed by atoms with E-state index in [-0.39, 0.29) is 16.5 Å². The van der Waals surface area contributed by atoms with E-state index in [2.05, 4.69) is 15.3 Å². The van der Waals surface area contributed by atoms with Crippen molar-refractivity contribution >= 4 is 23.4 Å². The Morgan fingerprint density at radius 3 is 2.78 bits per heavy atom. The minimum Gasteiger partial charge on any atom is -0.438 e. The number of nitrogens with zero attached hydrogens (tertiary/aromatic N) is 3. The summed E-state index contributed by atoms with van der Waals surface area (Å²) in [7, 11) is 0. The molecule has 7 nitrogen and oxygen atoms in total. The lowest BCUT2D eigenvalue weighted by molar-refractivity contribution is -0.124. The molecule has 0 bridgehead atoms. The second kappa shape index (κ2) is 6.62. The highest BCUT2D eigenvalue weighted by molar-refractivity contribution is 6.47. The fourth-order valence-electron chi connectivity index (χ4n) is 3.14. The molecule has 2 aliphatic rings. The lowest BCUT2D eigenvalue weighted by Crippen LogP contribution is -2.35. The second-order valence-corrected chi connectivity index (χ2v) is 6.61. The van der Waals surface area contributed by atoms with Gasteiger partial charge in [-0.05, 0) is 37.1 Å². The number of carbonyl (C=O) groups is 2. The van der Waals surface area contributed by atoms with Gasteiger partial charge in [-0.25, -0.2) is 14.4 Å². The number of ether oxygens (including phenoxy) is 1. The molecule has 0 spiro atoms. The molecule has 2 aliphatic heterocycles. The number of aromatic nitrogens is 2. The summed E-state index contributed by atoms with van der Waals surface area (Å²) in [6.07, 6.45) is 1.87. The Labute approximate surface area is 158 Å². The van der Waals surface area contributed by atoms with Crippen molar-refractivity contribution in [2.75, 3.05) is 6.54 Å². The van der Waals surface area contributed by atoms with Crippen LogP contribution in [0.15, 0.2) is 35.3 Å². The van der Waals surface area contributed by atoms with Crippen LogP contribution in [-0.2, 0) is 22.6 Å². The Hall–Kier alpha value is -3.00. The Morgan fingerprint density at radius 1 is 1.26 bits per heavy atom. The summed E-state index contributed by atoms with van der Waals surface area (Å²) in [5, 5.41) is 2.06. The van der Waals surface area contributed by atoms with Gasteiger partial charge in [0.2, 0.25) is 5.88 Å². The minimum absolute atomic E-state index is 0.115. The van der Waals surface area contributed by atoms with Crippen LogP contribution < -0.4 is 10.1 Å². The highest BCUT2D eigenvalue weighted by Crippen LogP contribution is 2.32. The van der Waals surface area contributed by atoms with Gasteiger partial charge >= 0.3 is 0 Å². The highest BCUT2D eigenvalue weighted by atomic mass is 35.5. The molecule has 2 amide bonds. The van der Waals surface area contributed by atoms with Crippen LogP contribution in [0.4, 0.5) is 4.39 Å². The van der Waals surface area contributed by atoms with Gasteiger partial charge in [0.1, 0.15) is 28.6 Å². The van der Waals surface area contributed by atoms with Crippen molar-refractivity contribution in [1.82, 2.24) is 20.2 Å². The monoisotopic (exact) mass is 388 g/mol. The largest absolute Gasteiger partial charge is 0.438 e. The Balaban J connectivity index is 1.62. The van der Waals surface area contributed by atoms with E-state index >= 15 is 0 Å². The number of rotatable bonds is 3. The summed E-state index contributed by atoms with van der Waals surface area (Å²) in [6.45, 7) is 2.49. The van der Waals surface area contributed by atoms with Gasteiger partial charge in [-0.3, -0.25) is 14.9 Å². The highest BCUT2D eigenvalue weighted by Gasteiger charge is 2.35. The summed E-state index contributed by atoms with van der Waals surface area (Å²) in [4.78, 5) is 33.7. The first kappa shape index (κ1) is 17.4. The Morgan fingerprint density at radius 2 is 2.07 bits per heavy atom. The van der Waals surface area contributed by atoms with E-state index in [1.165, 1.54) is 18.5 Å². The van der Waals surface area contributed by atoms with Gasteiger partial charge in [0.05, 0.1) is 12.2 Å². The van der Waals surface area contributed by atoms with Crippen LogP contribution in [0.25, 0.3) is 0 Å². The molecule has 1 aromatic carbocycles. The molecule has 0 saturated heterocycles. The van der Waals surface area contributed by atoms with E-state index in [9.17, 15) is 14.0 Å². The van der Waals surface area contributed by atoms with Crippen LogP contribution in [0.3, 0.4) is 0 Å². The maximum Gasteiger partial charge on any atom is 0.276 e. The Bertz CT molecular complexity index is 1010. The first-order chi connectivity index (χ1) is 12.9. The molecule has 1 N–H and O–H groups in total.